The lowest BCUT2D eigenvalue weighted by Crippen LogP contribution is -2.37. The SMILES string of the molecule is NCC1CCC(C(=O)N2CCC(CC(=O)O)C2)CC1. The van der Waals surface area contributed by atoms with Crippen LogP contribution >= 0.6 is 0 Å². The fourth-order valence-electron chi connectivity index (χ4n) is 3.35. The number of aliphatic carboxylic acids is 1. The van der Waals surface area contributed by atoms with Crippen LogP contribution < -0.4 is 5.73 Å². The van der Waals surface area contributed by atoms with Gasteiger partial charge in [-0.1, -0.05) is 0 Å². The van der Waals surface area contributed by atoms with E-state index in [2.05, 4.69) is 0 Å². The second-order valence-electron chi connectivity index (χ2n) is 5.99. The molecular formula is C14H24N2O3. The van der Waals surface area contributed by atoms with E-state index in [1.807, 2.05) is 4.90 Å². The zero-order valence-corrected chi connectivity index (χ0v) is 11.4. The molecule has 5 nitrogen and oxygen atoms in total. The van der Waals surface area contributed by atoms with Crippen LogP contribution in [0.2, 0.25) is 0 Å². The van der Waals surface area contributed by atoms with Crippen molar-refractivity contribution in [3.05, 3.63) is 0 Å². The molecule has 0 radical (unpaired) electrons. The molecule has 19 heavy (non-hydrogen) atoms. The molecule has 1 amide bonds. The summed E-state index contributed by atoms with van der Waals surface area (Å²) in [7, 11) is 0. The molecule has 1 aliphatic carbocycles. The minimum Gasteiger partial charge on any atom is -0.481 e. The Morgan fingerprint density at radius 3 is 2.37 bits per heavy atom. The van der Waals surface area contributed by atoms with Crippen molar-refractivity contribution in [1.29, 1.82) is 0 Å². The summed E-state index contributed by atoms with van der Waals surface area (Å²) in [5.74, 6) is 0.349. The molecule has 0 aromatic heterocycles. The lowest BCUT2D eigenvalue weighted by atomic mass is 9.81. The van der Waals surface area contributed by atoms with Crippen LogP contribution in [0.25, 0.3) is 0 Å². The Balaban J connectivity index is 1.80. The van der Waals surface area contributed by atoms with Crippen molar-refractivity contribution in [2.75, 3.05) is 19.6 Å². The highest BCUT2D eigenvalue weighted by atomic mass is 16.4. The fourth-order valence-corrected chi connectivity index (χ4v) is 3.35. The van der Waals surface area contributed by atoms with E-state index in [-0.39, 0.29) is 24.2 Å². The highest BCUT2D eigenvalue weighted by Gasteiger charge is 2.33. The number of carboxylic acid groups (broad SMARTS) is 1. The lowest BCUT2D eigenvalue weighted by Gasteiger charge is -2.30. The largest absolute Gasteiger partial charge is 0.481 e. The molecule has 2 aliphatic rings. The summed E-state index contributed by atoms with van der Waals surface area (Å²) in [6.45, 7) is 2.08. The molecule has 1 saturated heterocycles. The number of nitrogens with two attached hydrogens (primary N) is 1. The van der Waals surface area contributed by atoms with Crippen molar-refractivity contribution in [3.8, 4) is 0 Å². The van der Waals surface area contributed by atoms with Crippen molar-refractivity contribution >= 4 is 11.9 Å². The van der Waals surface area contributed by atoms with Crippen molar-refractivity contribution in [2.45, 2.75) is 38.5 Å². The molecule has 0 aromatic carbocycles. The van der Waals surface area contributed by atoms with E-state index >= 15 is 0 Å². The molecule has 2 fully saturated rings. The minimum atomic E-state index is -0.761. The summed E-state index contributed by atoms with van der Waals surface area (Å²) in [5.41, 5.74) is 5.66. The highest BCUT2D eigenvalue weighted by Crippen LogP contribution is 2.31. The molecule has 1 saturated carbocycles. The average molecular weight is 268 g/mol. The Bertz CT molecular complexity index is 338. The molecule has 1 unspecified atom stereocenters. The predicted molar refractivity (Wildman–Crippen MR) is 71.4 cm³/mol. The van der Waals surface area contributed by atoms with Gasteiger partial charge in [0.25, 0.3) is 0 Å². The van der Waals surface area contributed by atoms with Gasteiger partial charge in [-0.05, 0) is 50.5 Å². The van der Waals surface area contributed by atoms with Gasteiger partial charge in [-0.2, -0.15) is 0 Å². The average Bonchev–Trinajstić information content (AvgIpc) is 2.85. The molecule has 2 rings (SSSR count). The first-order valence-electron chi connectivity index (χ1n) is 7.30. The molecule has 1 atom stereocenters. The van der Waals surface area contributed by atoms with E-state index in [0.717, 1.165) is 45.2 Å². The Morgan fingerprint density at radius 1 is 1.11 bits per heavy atom. The number of rotatable bonds is 4. The van der Waals surface area contributed by atoms with Crippen molar-refractivity contribution in [2.24, 2.45) is 23.5 Å². The number of hydrogen-bond donors (Lipinski definition) is 2. The van der Waals surface area contributed by atoms with Crippen molar-refractivity contribution in [1.82, 2.24) is 4.90 Å². The summed E-state index contributed by atoms with van der Waals surface area (Å²) in [4.78, 5) is 24.9. The second-order valence-corrected chi connectivity index (χ2v) is 5.99. The fraction of sp³-hybridized carbons (Fsp3) is 0.857. The normalized spacial score (nSPS) is 31.4. The standard InChI is InChI=1S/C14H24N2O3/c15-8-10-1-3-12(4-2-10)14(19)16-6-5-11(9-16)7-13(17)18/h10-12H,1-9,15H2,(H,17,18). The third kappa shape index (κ3) is 3.69. The first kappa shape index (κ1) is 14.3. The Labute approximate surface area is 114 Å². The maximum atomic E-state index is 12.4. The van der Waals surface area contributed by atoms with E-state index in [1.54, 1.807) is 0 Å². The van der Waals surface area contributed by atoms with E-state index in [0.29, 0.717) is 12.5 Å². The number of likely N-dealkylation sites (tertiary alicyclic amines) is 1. The number of hydrogen-bond acceptors (Lipinski definition) is 3. The molecule has 0 spiro atoms. The van der Waals surface area contributed by atoms with Crippen LogP contribution in [-0.4, -0.2) is 41.5 Å². The summed E-state index contributed by atoms with van der Waals surface area (Å²) >= 11 is 0. The lowest BCUT2D eigenvalue weighted by molar-refractivity contribution is -0.139. The van der Waals surface area contributed by atoms with Gasteiger partial charge in [-0.3, -0.25) is 9.59 Å². The molecular weight excluding hydrogens is 244 g/mol. The van der Waals surface area contributed by atoms with Gasteiger partial charge < -0.3 is 15.7 Å². The quantitative estimate of drug-likeness (QED) is 0.799. The van der Waals surface area contributed by atoms with Gasteiger partial charge in [0.05, 0.1) is 0 Å². The molecule has 108 valence electrons. The summed E-state index contributed by atoms with van der Waals surface area (Å²) < 4.78 is 0. The number of carboxylic acids is 1. The van der Waals surface area contributed by atoms with E-state index in [4.69, 9.17) is 10.8 Å². The molecule has 1 heterocycles. The maximum Gasteiger partial charge on any atom is 0.303 e. The van der Waals surface area contributed by atoms with Crippen LogP contribution in [0.4, 0.5) is 0 Å². The molecule has 0 bridgehead atoms. The summed E-state index contributed by atoms with van der Waals surface area (Å²) in [5, 5.41) is 8.79. The van der Waals surface area contributed by atoms with Crippen molar-refractivity contribution < 1.29 is 14.7 Å². The van der Waals surface area contributed by atoms with Gasteiger partial charge >= 0.3 is 5.97 Å². The Kier molecular flexibility index (Phi) is 4.80. The topological polar surface area (TPSA) is 83.6 Å². The predicted octanol–water partition coefficient (Wildman–Crippen LogP) is 1.07. The van der Waals surface area contributed by atoms with Gasteiger partial charge in [0.2, 0.25) is 5.91 Å². The number of nitrogens with zero attached hydrogens (tertiary/aromatic N) is 1. The van der Waals surface area contributed by atoms with Gasteiger partial charge in [0, 0.05) is 25.4 Å². The molecule has 3 N–H and O–H groups in total. The van der Waals surface area contributed by atoms with Crippen LogP contribution in [0.1, 0.15) is 38.5 Å². The van der Waals surface area contributed by atoms with Gasteiger partial charge in [-0.15, -0.1) is 0 Å². The van der Waals surface area contributed by atoms with Crippen molar-refractivity contribution in [3.63, 3.8) is 0 Å². The van der Waals surface area contributed by atoms with Gasteiger partial charge in [0.15, 0.2) is 0 Å². The van der Waals surface area contributed by atoms with Gasteiger partial charge in [-0.25, -0.2) is 0 Å². The molecule has 1 aliphatic heterocycles. The van der Waals surface area contributed by atoms with E-state index < -0.39 is 5.97 Å². The van der Waals surface area contributed by atoms with Crippen LogP contribution in [0, 0.1) is 17.8 Å². The monoisotopic (exact) mass is 268 g/mol. The molecule has 5 heteroatoms. The maximum absolute atomic E-state index is 12.4. The van der Waals surface area contributed by atoms with Crippen LogP contribution in [-0.2, 0) is 9.59 Å². The van der Waals surface area contributed by atoms with Crippen LogP contribution in [0.3, 0.4) is 0 Å². The second kappa shape index (κ2) is 6.37. The zero-order chi connectivity index (χ0) is 13.8. The number of carbonyl (C=O) groups excluding carboxylic acids is 1. The van der Waals surface area contributed by atoms with E-state index in [1.165, 1.54) is 0 Å². The summed E-state index contributed by atoms with van der Waals surface area (Å²) in [6.07, 6.45) is 5.01. The summed E-state index contributed by atoms with van der Waals surface area (Å²) in [6, 6.07) is 0. The third-order valence-electron chi connectivity index (χ3n) is 4.59. The Hall–Kier alpha value is -1.10. The van der Waals surface area contributed by atoms with Gasteiger partial charge in [0.1, 0.15) is 0 Å². The Morgan fingerprint density at radius 2 is 1.79 bits per heavy atom. The molecule has 0 aromatic rings. The zero-order valence-electron chi connectivity index (χ0n) is 11.4. The first-order valence-corrected chi connectivity index (χ1v) is 7.30. The van der Waals surface area contributed by atoms with Crippen LogP contribution in [0.5, 0.6) is 0 Å². The van der Waals surface area contributed by atoms with Crippen LogP contribution in [0.15, 0.2) is 0 Å². The minimum absolute atomic E-state index is 0.141. The number of amides is 1. The smallest absolute Gasteiger partial charge is 0.303 e. The van der Waals surface area contributed by atoms with E-state index in [9.17, 15) is 9.59 Å². The number of carbonyl (C=O) groups is 2. The third-order valence-corrected chi connectivity index (χ3v) is 4.59. The first-order chi connectivity index (χ1) is 9.10. The highest BCUT2D eigenvalue weighted by molar-refractivity contribution is 5.79.